The number of halogens is 1. The zero-order chi connectivity index (χ0) is 15.5. The first kappa shape index (κ1) is 16.6. The van der Waals surface area contributed by atoms with Gasteiger partial charge in [-0.25, -0.2) is 0 Å². The van der Waals surface area contributed by atoms with E-state index < -0.39 is 0 Å². The molecule has 1 saturated carbocycles. The fraction of sp³-hybridized carbons (Fsp3) is 0.647. The van der Waals surface area contributed by atoms with Gasteiger partial charge in [-0.15, -0.1) is 0 Å². The zero-order valence-corrected chi connectivity index (χ0v) is 14.1. The molecule has 0 aliphatic heterocycles. The lowest BCUT2D eigenvalue weighted by Gasteiger charge is -2.45. The maximum atomic E-state index is 9.46. The molecule has 1 aliphatic rings. The van der Waals surface area contributed by atoms with Crippen molar-refractivity contribution in [3.63, 3.8) is 0 Å². The van der Waals surface area contributed by atoms with Gasteiger partial charge >= 0.3 is 0 Å². The summed E-state index contributed by atoms with van der Waals surface area (Å²) >= 11 is 5.95. The van der Waals surface area contributed by atoms with Gasteiger partial charge in [-0.2, -0.15) is 0 Å². The van der Waals surface area contributed by atoms with Gasteiger partial charge in [0.05, 0.1) is 5.02 Å². The molecule has 1 aliphatic carbocycles. The van der Waals surface area contributed by atoms with E-state index in [2.05, 4.69) is 31.2 Å². The third-order valence-electron chi connectivity index (χ3n) is 4.81. The molecule has 1 aromatic rings. The number of phenolic OH excluding ortho intramolecular Hbond substituents is 1. The van der Waals surface area contributed by atoms with E-state index in [1.165, 1.54) is 25.7 Å². The van der Waals surface area contributed by atoms with Crippen LogP contribution in [0.15, 0.2) is 18.2 Å². The third-order valence-corrected chi connectivity index (χ3v) is 5.11. The lowest BCUT2D eigenvalue weighted by molar-refractivity contribution is 0.0749. The van der Waals surface area contributed by atoms with E-state index in [1.807, 2.05) is 12.1 Å². The number of aromatic hydroxyl groups is 1. The Morgan fingerprint density at radius 1 is 1.43 bits per heavy atom. The van der Waals surface area contributed by atoms with Crippen molar-refractivity contribution in [1.29, 1.82) is 0 Å². The Labute approximate surface area is 133 Å². The molecule has 2 unspecified atom stereocenters. The summed E-state index contributed by atoms with van der Waals surface area (Å²) in [6, 6.07) is 5.40. The van der Waals surface area contributed by atoms with Crippen LogP contribution in [0.4, 0.5) is 0 Å². The molecule has 0 bridgehead atoms. The van der Waals surface area contributed by atoms with Crippen molar-refractivity contribution < 1.29 is 5.11 Å². The molecule has 1 fully saturated rings. The Hall–Kier alpha value is -0.770. The molecule has 118 valence electrons. The molecule has 0 heterocycles. The molecule has 0 aromatic heterocycles. The van der Waals surface area contributed by atoms with Gasteiger partial charge in [0.25, 0.3) is 0 Å². The lowest BCUT2D eigenvalue weighted by atomic mass is 9.75. The second-order valence-electron chi connectivity index (χ2n) is 6.71. The van der Waals surface area contributed by atoms with Gasteiger partial charge in [-0.3, -0.25) is 0 Å². The van der Waals surface area contributed by atoms with Crippen LogP contribution in [0.5, 0.6) is 5.75 Å². The van der Waals surface area contributed by atoms with Gasteiger partial charge in [-0.05, 0) is 50.6 Å². The average molecular weight is 311 g/mol. The van der Waals surface area contributed by atoms with Crippen LogP contribution in [0.2, 0.25) is 5.02 Å². The van der Waals surface area contributed by atoms with E-state index in [-0.39, 0.29) is 11.3 Å². The van der Waals surface area contributed by atoms with E-state index >= 15 is 0 Å². The van der Waals surface area contributed by atoms with Crippen LogP contribution in [0, 0.1) is 5.92 Å². The average Bonchev–Trinajstić information content (AvgIpc) is 2.42. The maximum Gasteiger partial charge on any atom is 0.134 e. The van der Waals surface area contributed by atoms with E-state index in [0.717, 1.165) is 24.6 Å². The number of nitrogens with one attached hydrogen (secondary N) is 1. The summed E-state index contributed by atoms with van der Waals surface area (Å²) in [7, 11) is 4.38. The largest absolute Gasteiger partial charge is 0.506 e. The number of phenols is 1. The van der Waals surface area contributed by atoms with Gasteiger partial charge in [0.2, 0.25) is 0 Å². The minimum Gasteiger partial charge on any atom is -0.506 e. The van der Waals surface area contributed by atoms with Crippen molar-refractivity contribution >= 4 is 11.6 Å². The number of hydrogen-bond donors (Lipinski definition) is 2. The summed E-state index contributed by atoms with van der Waals surface area (Å²) in [6.07, 6.45) is 5.17. The van der Waals surface area contributed by atoms with Crippen molar-refractivity contribution in [2.45, 2.75) is 44.7 Å². The molecule has 0 saturated heterocycles. The predicted octanol–water partition coefficient (Wildman–Crippen LogP) is 3.65. The lowest BCUT2D eigenvalue weighted by Crippen LogP contribution is -2.54. The predicted molar refractivity (Wildman–Crippen MR) is 88.9 cm³/mol. The first-order chi connectivity index (χ1) is 9.93. The summed E-state index contributed by atoms with van der Waals surface area (Å²) in [5.74, 6) is 0.942. The van der Waals surface area contributed by atoms with Crippen LogP contribution in [-0.2, 0) is 6.54 Å². The fourth-order valence-electron chi connectivity index (χ4n) is 3.46. The highest BCUT2D eigenvalue weighted by Crippen LogP contribution is 2.35. The first-order valence-corrected chi connectivity index (χ1v) is 8.16. The molecule has 2 N–H and O–H groups in total. The fourth-order valence-corrected chi connectivity index (χ4v) is 3.66. The Balaban J connectivity index is 1.94. The Bertz CT molecular complexity index is 478. The molecule has 3 nitrogen and oxygen atoms in total. The SMILES string of the molecule is CC1CCCC(CNCc2ccc(O)c(Cl)c2)(N(C)C)C1. The summed E-state index contributed by atoms with van der Waals surface area (Å²) in [4.78, 5) is 2.39. The normalized spacial score (nSPS) is 26.2. The summed E-state index contributed by atoms with van der Waals surface area (Å²) in [6.45, 7) is 4.13. The molecular formula is C17H27ClN2O. The summed E-state index contributed by atoms with van der Waals surface area (Å²) < 4.78 is 0. The van der Waals surface area contributed by atoms with Crippen molar-refractivity contribution in [3.8, 4) is 5.75 Å². The van der Waals surface area contributed by atoms with Gasteiger partial charge in [0, 0.05) is 18.6 Å². The number of hydrogen-bond acceptors (Lipinski definition) is 3. The van der Waals surface area contributed by atoms with E-state index in [4.69, 9.17) is 11.6 Å². The van der Waals surface area contributed by atoms with Crippen LogP contribution in [0.1, 0.15) is 38.2 Å². The second kappa shape index (κ2) is 6.99. The van der Waals surface area contributed by atoms with Crippen molar-refractivity contribution in [2.75, 3.05) is 20.6 Å². The monoisotopic (exact) mass is 310 g/mol. The molecular weight excluding hydrogens is 284 g/mol. The van der Waals surface area contributed by atoms with E-state index in [1.54, 1.807) is 6.07 Å². The molecule has 1 aromatic carbocycles. The third kappa shape index (κ3) is 4.12. The quantitative estimate of drug-likeness (QED) is 0.871. The highest BCUT2D eigenvalue weighted by Gasteiger charge is 2.36. The molecule has 21 heavy (non-hydrogen) atoms. The van der Waals surface area contributed by atoms with Gasteiger partial charge in [0.1, 0.15) is 5.75 Å². The maximum absolute atomic E-state index is 9.46. The second-order valence-corrected chi connectivity index (χ2v) is 7.12. The smallest absolute Gasteiger partial charge is 0.134 e. The molecule has 2 atom stereocenters. The van der Waals surface area contributed by atoms with Crippen LogP contribution in [0.25, 0.3) is 0 Å². The highest BCUT2D eigenvalue weighted by molar-refractivity contribution is 6.32. The first-order valence-electron chi connectivity index (χ1n) is 7.78. The van der Waals surface area contributed by atoms with Crippen molar-refractivity contribution in [3.05, 3.63) is 28.8 Å². The zero-order valence-electron chi connectivity index (χ0n) is 13.3. The molecule has 0 radical (unpaired) electrons. The Morgan fingerprint density at radius 2 is 2.19 bits per heavy atom. The highest BCUT2D eigenvalue weighted by atomic mass is 35.5. The summed E-state index contributed by atoms with van der Waals surface area (Å²) in [5, 5.41) is 13.5. The van der Waals surface area contributed by atoms with E-state index in [9.17, 15) is 5.11 Å². The van der Waals surface area contributed by atoms with Gasteiger partial charge < -0.3 is 15.3 Å². The topological polar surface area (TPSA) is 35.5 Å². The number of nitrogens with zero attached hydrogens (tertiary/aromatic N) is 1. The standard InChI is InChI=1S/C17H27ClN2O/c1-13-5-4-8-17(10-13,20(2)3)12-19-11-14-6-7-16(21)15(18)9-14/h6-7,9,13,19,21H,4-5,8,10-12H2,1-3H3. The number of benzene rings is 1. The van der Waals surface area contributed by atoms with Gasteiger partial charge in [-0.1, -0.05) is 37.4 Å². The molecule has 0 spiro atoms. The van der Waals surface area contributed by atoms with Crippen LogP contribution in [0.3, 0.4) is 0 Å². The van der Waals surface area contributed by atoms with Crippen LogP contribution >= 0.6 is 11.6 Å². The molecule has 4 heteroatoms. The van der Waals surface area contributed by atoms with Crippen molar-refractivity contribution in [1.82, 2.24) is 10.2 Å². The minimum absolute atomic E-state index is 0.145. The Morgan fingerprint density at radius 3 is 2.81 bits per heavy atom. The molecule has 0 amide bonds. The number of rotatable bonds is 5. The minimum atomic E-state index is 0.145. The molecule has 2 rings (SSSR count). The van der Waals surface area contributed by atoms with Crippen LogP contribution < -0.4 is 5.32 Å². The van der Waals surface area contributed by atoms with Crippen molar-refractivity contribution in [2.24, 2.45) is 5.92 Å². The Kier molecular flexibility index (Phi) is 5.53. The summed E-state index contributed by atoms with van der Waals surface area (Å²) in [5.41, 5.74) is 1.37. The van der Waals surface area contributed by atoms with Crippen LogP contribution in [-0.4, -0.2) is 36.2 Å². The van der Waals surface area contributed by atoms with E-state index in [0.29, 0.717) is 5.02 Å². The van der Waals surface area contributed by atoms with Gasteiger partial charge in [0.15, 0.2) is 0 Å². The number of likely N-dealkylation sites (N-methyl/N-ethyl adjacent to an activating group) is 1.